The van der Waals surface area contributed by atoms with Crippen LogP contribution < -0.4 is 5.32 Å². The van der Waals surface area contributed by atoms with Crippen LogP contribution >= 0.6 is 24.2 Å². The van der Waals surface area contributed by atoms with Crippen molar-refractivity contribution in [1.82, 2.24) is 10.2 Å². The monoisotopic (exact) mass is 352 g/mol. The largest absolute Gasteiger partial charge is 0.446 e. The zero-order valence-electron chi connectivity index (χ0n) is 12.1. The molecule has 1 aromatic rings. The van der Waals surface area contributed by atoms with Gasteiger partial charge < -0.3 is 5.32 Å². The molecule has 1 saturated heterocycles. The summed E-state index contributed by atoms with van der Waals surface area (Å²) in [6.07, 6.45) is 2.43. The van der Waals surface area contributed by atoms with Gasteiger partial charge in [-0.25, -0.2) is 0 Å². The molecule has 124 valence electrons. The summed E-state index contributed by atoms with van der Waals surface area (Å²) < 4.78 is 38.2. The molecule has 0 aromatic heterocycles. The highest BCUT2D eigenvalue weighted by atomic mass is 35.5. The SMILES string of the molecule is C=CC[C@H](c1ccccc1SC(F)(F)F)N1CCNCC1.Cl. The van der Waals surface area contributed by atoms with E-state index in [4.69, 9.17) is 0 Å². The number of alkyl halides is 3. The molecule has 2 nitrogen and oxygen atoms in total. The summed E-state index contributed by atoms with van der Waals surface area (Å²) >= 11 is -0.0310. The lowest BCUT2D eigenvalue weighted by molar-refractivity contribution is -0.0328. The second kappa shape index (κ2) is 8.82. The molecule has 2 rings (SSSR count). The molecule has 1 fully saturated rings. The molecular weight excluding hydrogens is 333 g/mol. The van der Waals surface area contributed by atoms with Gasteiger partial charge >= 0.3 is 5.51 Å². The van der Waals surface area contributed by atoms with Gasteiger partial charge in [-0.3, -0.25) is 4.90 Å². The first-order valence-corrected chi connectivity index (χ1v) is 7.73. The van der Waals surface area contributed by atoms with E-state index in [9.17, 15) is 13.2 Å². The summed E-state index contributed by atoms with van der Waals surface area (Å²) in [4.78, 5) is 2.52. The van der Waals surface area contributed by atoms with E-state index in [0.29, 0.717) is 6.42 Å². The maximum Gasteiger partial charge on any atom is 0.446 e. The van der Waals surface area contributed by atoms with E-state index >= 15 is 0 Å². The van der Waals surface area contributed by atoms with Gasteiger partial charge in [0.15, 0.2) is 0 Å². The molecule has 1 aliphatic rings. The van der Waals surface area contributed by atoms with E-state index in [-0.39, 0.29) is 35.1 Å². The van der Waals surface area contributed by atoms with Crippen molar-refractivity contribution >= 4 is 24.2 Å². The van der Waals surface area contributed by atoms with Gasteiger partial charge in [-0.1, -0.05) is 24.3 Å². The zero-order chi connectivity index (χ0) is 15.3. The number of piperazine rings is 1. The molecule has 0 amide bonds. The quantitative estimate of drug-likeness (QED) is 0.630. The lowest BCUT2D eigenvalue weighted by Crippen LogP contribution is -2.45. The minimum absolute atomic E-state index is 0. The van der Waals surface area contributed by atoms with Crippen molar-refractivity contribution in [2.75, 3.05) is 26.2 Å². The third-order valence-electron chi connectivity index (χ3n) is 3.49. The molecule has 0 radical (unpaired) electrons. The van der Waals surface area contributed by atoms with E-state index in [1.807, 2.05) is 0 Å². The summed E-state index contributed by atoms with van der Waals surface area (Å²) in [5, 5.41) is 3.26. The number of hydrogen-bond donors (Lipinski definition) is 1. The first kappa shape index (κ1) is 19.4. The summed E-state index contributed by atoms with van der Waals surface area (Å²) in [6.45, 7) is 7.15. The van der Waals surface area contributed by atoms with Crippen LogP contribution in [0, 0.1) is 0 Å². The Kier molecular flexibility index (Phi) is 7.76. The van der Waals surface area contributed by atoms with Crippen molar-refractivity contribution < 1.29 is 13.2 Å². The second-order valence-corrected chi connectivity index (χ2v) is 6.02. The predicted molar refractivity (Wildman–Crippen MR) is 87.6 cm³/mol. The van der Waals surface area contributed by atoms with E-state index in [0.717, 1.165) is 31.7 Å². The Bertz CT molecular complexity index is 476. The fraction of sp³-hybridized carbons (Fsp3) is 0.467. The molecule has 0 aliphatic carbocycles. The number of nitrogens with one attached hydrogen (secondary N) is 1. The number of hydrogen-bond acceptors (Lipinski definition) is 3. The maximum atomic E-state index is 12.7. The number of nitrogens with zero attached hydrogens (tertiary/aromatic N) is 1. The minimum Gasteiger partial charge on any atom is -0.314 e. The highest BCUT2D eigenvalue weighted by Crippen LogP contribution is 2.41. The van der Waals surface area contributed by atoms with Crippen LogP contribution in [0.4, 0.5) is 13.2 Å². The molecule has 0 bridgehead atoms. The van der Waals surface area contributed by atoms with Gasteiger partial charge in [0.25, 0.3) is 0 Å². The molecule has 0 saturated carbocycles. The molecule has 22 heavy (non-hydrogen) atoms. The average Bonchev–Trinajstić information content (AvgIpc) is 2.45. The Labute approximate surface area is 139 Å². The highest BCUT2D eigenvalue weighted by Gasteiger charge is 2.32. The normalized spacial score (nSPS) is 17.6. The fourth-order valence-corrected chi connectivity index (χ4v) is 3.32. The lowest BCUT2D eigenvalue weighted by atomic mass is 10.0. The first-order chi connectivity index (χ1) is 10.0. The molecule has 1 atom stereocenters. The Morgan fingerprint density at radius 3 is 2.50 bits per heavy atom. The molecular formula is C15H20ClF3N2S. The molecule has 7 heteroatoms. The number of thioether (sulfide) groups is 1. The van der Waals surface area contributed by atoms with E-state index in [1.165, 1.54) is 0 Å². The summed E-state index contributed by atoms with van der Waals surface area (Å²) in [7, 11) is 0. The standard InChI is InChI=1S/C15H19F3N2S.ClH/c1-2-5-13(20-10-8-19-9-11-20)12-6-3-4-7-14(12)21-15(16,17)18;/h2-4,6-7,13,19H,1,5,8-11H2;1H/t13-;/m1./s1. The van der Waals surface area contributed by atoms with Crippen LogP contribution in [0.2, 0.25) is 0 Å². The van der Waals surface area contributed by atoms with Gasteiger partial charge in [0.1, 0.15) is 0 Å². The molecule has 0 spiro atoms. The van der Waals surface area contributed by atoms with E-state index in [1.54, 1.807) is 30.3 Å². The van der Waals surface area contributed by atoms with Crippen molar-refractivity contribution in [1.29, 1.82) is 0 Å². The van der Waals surface area contributed by atoms with Crippen molar-refractivity contribution in [3.8, 4) is 0 Å². The molecule has 1 heterocycles. The molecule has 1 aromatic carbocycles. The minimum atomic E-state index is -4.27. The zero-order valence-corrected chi connectivity index (χ0v) is 13.7. The van der Waals surface area contributed by atoms with E-state index in [2.05, 4.69) is 16.8 Å². The van der Waals surface area contributed by atoms with Crippen molar-refractivity contribution in [3.05, 3.63) is 42.5 Å². The molecule has 0 unspecified atom stereocenters. The maximum absolute atomic E-state index is 12.7. The van der Waals surface area contributed by atoms with Gasteiger partial charge in [-0.05, 0) is 29.8 Å². The Morgan fingerprint density at radius 1 is 1.27 bits per heavy atom. The van der Waals surface area contributed by atoms with Crippen LogP contribution in [-0.2, 0) is 0 Å². The summed E-state index contributed by atoms with van der Waals surface area (Å²) in [6, 6.07) is 6.75. The van der Waals surface area contributed by atoms with Gasteiger partial charge in [0, 0.05) is 37.1 Å². The van der Waals surface area contributed by atoms with Crippen LogP contribution in [0.25, 0.3) is 0 Å². The van der Waals surface area contributed by atoms with Gasteiger partial charge in [-0.15, -0.1) is 19.0 Å². The number of rotatable bonds is 5. The smallest absolute Gasteiger partial charge is 0.314 e. The number of benzene rings is 1. The van der Waals surface area contributed by atoms with E-state index < -0.39 is 5.51 Å². The third-order valence-corrected chi connectivity index (χ3v) is 4.31. The average molecular weight is 353 g/mol. The van der Waals surface area contributed by atoms with Crippen LogP contribution in [0.1, 0.15) is 18.0 Å². The Morgan fingerprint density at radius 2 is 1.91 bits per heavy atom. The first-order valence-electron chi connectivity index (χ1n) is 6.91. The molecule has 1 aliphatic heterocycles. The second-order valence-electron chi connectivity index (χ2n) is 4.91. The van der Waals surface area contributed by atoms with Crippen LogP contribution in [0.15, 0.2) is 41.8 Å². The van der Waals surface area contributed by atoms with Gasteiger partial charge in [0.05, 0.1) is 0 Å². The number of halogens is 4. The summed E-state index contributed by atoms with van der Waals surface area (Å²) in [5.41, 5.74) is -3.53. The van der Waals surface area contributed by atoms with Gasteiger partial charge in [0.2, 0.25) is 0 Å². The highest BCUT2D eigenvalue weighted by molar-refractivity contribution is 8.00. The molecule has 1 N–H and O–H groups in total. The topological polar surface area (TPSA) is 15.3 Å². The van der Waals surface area contributed by atoms with Crippen LogP contribution in [0.3, 0.4) is 0 Å². The predicted octanol–water partition coefficient (Wildman–Crippen LogP) is 4.24. The fourth-order valence-electron chi connectivity index (χ4n) is 2.60. The van der Waals surface area contributed by atoms with Crippen LogP contribution in [-0.4, -0.2) is 36.6 Å². The van der Waals surface area contributed by atoms with Crippen molar-refractivity contribution in [3.63, 3.8) is 0 Å². The summed E-state index contributed by atoms with van der Waals surface area (Å²) in [5.74, 6) is 0. The van der Waals surface area contributed by atoms with Gasteiger partial charge in [-0.2, -0.15) is 13.2 Å². The lowest BCUT2D eigenvalue weighted by Gasteiger charge is -2.35. The van der Waals surface area contributed by atoms with Crippen LogP contribution in [0.5, 0.6) is 0 Å². The Hall–Kier alpha value is -0.690. The van der Waals surface area contributed by atoms with Crippen molar-refractivity contribution in [2.24, 2.45) is 0 Å². The third kappa shape index (κ3) is 5.50. The Balaban J connectivity index is 0.00000242. The van der Waals surface area contributed by atoms with Crippen molar-refractivity contribution in [2.45, 2.75) is 22.9 Å².